The molecule has 0 N–H and O–H groups in total. The zero-order valence-electron chi connectivity index (χ0n) is 7.73. The molecule has 72 valence electrons. The van der Waals surface area contributed by atoms with Gasteiger partial charge in [0, 0.05) is 6.08 Å². The van der Waals surface area contributed by atoms with Crippen LogP contribution in [0.25, 0.3) is 0 Å². The summed E-state index contributed by atoms with van der Waals surface area (Å²) in [6, 6.07) is 0. The third-order valence-electron chi connectivity index (χ3n) is 1.74. The maximum Gasteiger partial charge on any atom is 0.330 e. The Bertz CT molecular complexity index is 218. The van der Waals surface area contributed by atoms with Crippen LogP contribution in [0.15, 0.2) is 24.5 Å². The van der Waals surface area contributed by atoms with Crippen LogP contribution >= 0.6 is 0 Å². The smallest absolute Gasteiger partial charge is 0.330 e. The van der Waals surface area contributed by atoms with Crippen LogP contribution in [0.2, 0.25) is 0 Å². The lowest BCUT2D eigenvalue weighted by molar-refractivity contribution is -0.141. The molecule has 3 nitrogen and oxygen atoms in total. The van der Waals surface area contributed by atoms with E-state index in [-0.39, 0.29) is 12.1 Å². The molecule has 0 fully saturated rings. The summed E-state index contributed by atoms with van der Waals surface area (Å²) in [5.41, 5.74) is 0. The Morgan fingerprint density at radius 1 is 1.77 bits per heavy atom. The molecule has 0 spiro atoms. The predicted octanol–water partition coefficient (Wildman–Crippen LogP) is 1.80. The largest absolute Gasteiger partial charge is 0.495 e. The second-order valence-corrected chi connectivity index (χ2v) is 2.84. The van der Waals surface area contributed by atoms with Gasteiger partial charge in [-0.25, -0.2) is 4.79 Å². The van der Waals surface area contributed by atoms with Crippen molar-refractivity contribution in [3.63, 3.8) is 0 Å². The Morgan fingerprint density at radius 3 is 3.23 bits per heavy atom. The summed E-state index contributed by atoms with van der Waals surface area (Å²) in [6.07, 6.45) is 8.62. The van der Waals surface area contributed by atoms with Gasteiger partial charge in [-0.15, -0.1) is 0 Å². The molecule has 0 amide bonds. The van der Waals surface area contributed by atoms with E-state index in [1.165, 1.54) is 6.08 Å². The van der Waals surface area contributed by atoms with Crippen LogP contribution in [0.1, 0.15) is 19.8 Å². The van der Waals surface area contributed by atoms with E-state index in [0.29, 0.717) is 6.61 Å². The Balaban J connectivity index is 2.18. The number of allylic oxidation sites excluding steroid dienone is 2. The lowest BCUT2D eigenvalue weighted by atomic mass is 10.2. The Hall–Kier alpha value is -1.25. The summed E-state index contributed by atoms with van der Waals surface area (Å²) in [7, 11) is 0. The quantitative estimate of drug-likeness (QED) is 0.493. The second-order valence-electron chi connectivity index (χ2n) is 2.84. The Labute approximate surface area is 78.0 Å². The van der Waals surface area contributed by atoms with Crippen LogP contribution in [-0.2, 0) is 14.3 Å². The Kier molecular flexibility index (Phi) is 4.09. The van der Waals surface area contributed by atoms with E-state index >= 15 is 0 Å². The maximum absolute atomic E-state index is 10.9. The van der Waals surface area contributed by atoms with Gasteiger partial charge in [0.05, 0.1) is 6.26 Å². The van der Waals surface area contributed by atoms with Gasteiger partial charge in [-0.1, -0.05) is 6.08 Å². The first-order chi connectivity index (χ1) is 6.33. The molecule has 0 aromatic carbocycles. The first kappa shape index (κ1) is 9.84. The van der Waals surface area contributed by atoms with Crippen LogP contribution in [0, 0.1) is 0 Å². The van der Waals surface area contributed by atoms with E-state index in [2.05, 4.69) is 0 Å². The molecule has 1 atom stereocenters. The fourth-order valence-electron chi connectivity index (χ4n) is 1.07. The van der Waals surface area contributed by atoms with Gasteiger partial charge >= 0.3 is 5.97 Å². The summed E-state index contributed by atoms with van der Waals surface area (Å²) in [4.78, 5) is 10.9. The predicted molar refractivity (Wildman–Crippen MR) is 49.0 cm³/mol. The van der Waals surface area contributed by atoms with E-state index in [4.69, 9.17) is 9.47 Å². The number of carbonyl (C=O) groups is 1. The minimum absolute atomic E-state index is 0.0270. The molecule has 0 saturated heterocycles. The monoisotopic (exact) mass is 182 g/mol. The third kappa shape index (κ3) is 3.78. The molecule has 1 unspecified atom stereocenters. The SMILES string of the molecule is C/C=C/C(=O)OCC1CCC=CO1. The standard InChI is InChI=1S/C10H14O3/c1-2-5-10(11)13-8-9-6-3-4-7-12-9/h2,4-5,7,9H,3,6,8H2,1H3/b5-2+. The average molecular weight is 182 g/mol. The van der Waals surface area contributed by atoms with Crippen molar-refractivity contribution in [3.05, 3.63) is 24.5 Å². The molecular formula is C10H14O3. The molecule has 3 heteroatoms. The molecule has 1 heterocycles. The number of rotatable bonds is 3. The summed E-state index contributed by atoms with van der Waals surface area (Å²) >= 11 is 0. The number of ether oxygens (including phenoxy) is 2. The van der Waals surface area contributed by atoms with Gasteiger partial charge in [-0.3, -0.25) is 0 Å². The summed E-state index contributed by atoms with van der Waals surface area (Å²) < 4.78 is 10.2. The van der Waals surface area contributed by atoms with Crippen LogP contribution in [-0.4, -0.2) is 18.7 Å². The van der Waals surface area contributed by atoms with Crippen molar-refractivity contribution in [1.82, 2.24) is 0 Å². The highest BCUT2D eigenvalue weighted by Gasteiger charge is 2.12. The van der Waals surface area contributed by atoms with Gasteiger partial charge < -0.3 is 9.47 Å². The highest BCUT2D eigenvalue weighted by molar-refractivity contribution is 5.81. The minimum Gasteiger partial charge on any atom is -0.495 e. The molecule has 1 aliphatic rings. The summed E-state index contributed by atoms with van der Waals surface area (Å²) in [5.74, 6) is -0.305. The van der Waals surface area contributed by atoms with Gasteiger partial charge in [-0.05, 0) is 25.8 Å². The highest BCUT2D eigenvalue weighted by atomic mass is 16.6. The molecule has 0 radical (unpaired) electrons. The Morgan fingerprint density at radius 2 is 2.62 bits per heavy atom. The first-order valence-corrected chi connectivity index (χ1v) is 4.43. The number of hydrogen-bond donors (Lipinski definition) is 0. The van der Waals surface area contributed by atoms with Crippen molar-refractivity contribution >= 4 is 5.97 Å². The minimum atomic E-state index is -0.305. The molecular weight excluding hydrogens is 168 g/mol. The molecule has 0 aromatic rings. The number of esters is 1. The molecule has 0 aromatic heterocycles. The fraction of sp³-hybridized carbons (Fsp3) is 0.500. The molecule has 13 heavy (non-hydrogen) atoms. The zero-order valence-corrected chi connectivity index (χ0v) is 7.73. The lowest BCUT2D eigenvalue weighted by Gasteiger charge is -2.18. The van der Waals surface area contributed by atoms with Crippen molar-refractivity contribution in [2.75, 3.05) is 6.61 Å². The van der Waals surface area contributed by atoms with E-state index < -0.39 is 0 Å². The van der Waals surface area contributed by atoms with E-state index in [1.54, 1.807) is 19.3 Å². The number of hydrogen-bond acceptors (Lipinski definition) is 3. The van der Waals surface area contributed by atoms with Crippen molar-refractivity contribution < 1.29 is 14.3 Å². The van der Waals surface area contributed by atoms with Gasteiger partial charge in [0.2, 0.25) is 0 Å². The van der Waals surface area contributed by atoms with Crippen LogP contribution < -0.4 is 0 Å². The van der Waals surface area contributed by atoms with Crippen molar-refractivity contribution in [1.29, 1.82) is 0 Å². The van der Waals surface area contributed by atoms with Gasteiger partial charge in [0.1, 0.15) is 12.7 Å². The summed E-state index contributed by atoms with van der Waals surface area (Å²) in [5, 5.41) is 0. The van der Waals surface area contributed by atoms with Gasteiger partial charge in [-0.2, -0.15) is 0 Å². The van der Waals surface area contributed by atoms with E-state index in [0.717, 1.165) is 12.8 Å². The molecule has 0 saturated carbocycles. The summed E-state index contributed by atoms with van der Waals surface area (Å²) in [6.45, 7) is 2.12. The normalized spacial score (nSPS) is 21.5. The first-order valence-electron chi connectivity index (χ1n) is 4.43. The van der Waals surface area contributed by atoms with Crippen molar-refractivity contribution in [2.45, 2.75) is 25.9 Å². The second kappa shape index (κ2) is 5.41. The van der Waals surface area contributed by atoms with E-state index in [1.807, 2.05) is 6.08 Å². The molecule has 1 aliphatic heterocycles. The highest BCUT2D eigenvalue weighted by Crippen LogP contribution is 2.10. The fourth-order valence-corrected chi connectivity index (χ4v) is 1.07. The average Bonchev–Trinajstić information content (AvgIpc) is 2.17. The van der Waals surface area contributed by atoms with E-state index in [9.17, 15) is 4.79 Å². The lowest BCUT2D eigenvalue weighted by Crippen LogP contribution is -2.21. The van der Waals surface area contributed by atoms with Gasteiger partial charge in [0.15, 0.2) is 0 Å². The van der Waals surface area contributed by atoms with Crippen molar-refractivity contribution in [2.24, 2.45) is 0 Å². The maximum atomic E-state index is 10.9. The van der Waals surface area contributed by atoms with Crippen LogP contribution in [0.4, 0.5) is 0 Å². The zero-order chi connectivity index (χ0) is 9.52. The third-order valence-corrected chi connectivity index (χ3v) is 1.74. The molecule has 1 rings (SSSR count). The van der Waals surface area contributed by atoms with Crippen LogP contribution in [0.5, 0.6) is 0 Å². The van der Waals surface area contributed by atoms with Gasteiger partial charge in [0.25, 0.3) is 0 Å². The topological polar surface area (TPSA) is 35.5 Å². The molecule has 0 bridgehead atoms. The molecule has 0 aliphatic carbocycles. The number of carbonyl (C=O) groups excluding carboxylic acids is 1. The van der Waals surface area contributed by atoms with Crippen LogP contribution in [0.3, 0.4) is 0 Å². The van der Waals surface area contributed by atoms with Crippen molar-refractivity contribution in [3.8, 4) is 0 Å².